The van der Waals surface area contributed by atoms with E-state index in [4.69, 9.17) is 5.11 Å². The van der Waals surface area contributed by atoms with Crippen LogP contribution in [0.1, 0.15) is 71.1 Å². The predicted molar refractivity (Wildman–Crippen MR) is 123 cm³/mol. The number of hydrogen-bond acceptors (Lipinski definition) is 7. The normalized spacial score (nSPS) is 15.8. The Bertz CT molecular complexity index is 822. The summed E-state index contributed by atoms with van der Waals surface area (Å²) in [6.07, 6.45) is 0.631. The van der Waals surface area contributed by atoms with Crippen molar-refractivity contribution in [2.45, 2.75) is 78.2 Å². The van der Waals surface area contributed by atoms with Crippen LogP contribution >= 0.6 is 0 Å². The summed E-state index contributed by atoms with van der Waals surface area (Å²) in [5.74, 6) is -1.88. The summed E-state index contributed by atoms with van der Waals surface area (Å²) in [5, 5.41) is 30.2. The third kappa shape index (κ3) is 6.97. The molecule has 1 rings (SSSR count). The quantitative estimate of drug-likeness (QED) is 0.416. The number of carbonyl (C=O) groups is 3. The summed E-state index contributed by atoms with van der Waals surface area (Å²) in [7, 11) is 5.26. The lowest BCUT2D eigenvalue weighted by atomic mass is 9.93. The van der Waals surface area contributed by atoms with E-state index in [1.54, 1.807) is 44.8 Å². The molecule has 0 spiro atoms. The van der Waals surface area contributed by atoms with Crippen LogP contribution in [-0.4, -0.2) is 91.6 Å². The van der Waals surface area contributed by atoms with E-state index in [1.807, 2.05) is 27.7 Å². The van der Waals surface area contributed by atoms with Gasteiger partial charge in [0.05, 0.1) is 11.7 Å². The highest BCUT2D eigenvalue weighted by atomic mass is 16.4. The maximum absolute atomic E-state index is 13.5. The van der Waals surface area contributed by atoms with E-state index < -0.39 is 29.8 Å². The molecule has 0 saturated carbocycles. The van der Waals surface area contributed by atoms with Crippen LogP contribution in [0.4, 0.5) is 0 Å². The molecular weight excluding hydrogens is 428 g/mol. The topological polar surface area (TPSA) is 141 Å². The van der Waals surface area contributed by atoms with E-state index in [2.05, 4.69) is 15.5 Å². The lowest BCUT2D eigenvalue weighted by Gasteiger charge is -2.38. The first-order valence-electron chi connectivity index (χ1n) is 11.2. The number of aromatic nitrogens is 3. The van der Waals surface area contributed by atoms with E-state index in [0.717, 1.165) is 11.0 Å². The van der Waals surface area contributed by atoms with Crippen molar-refractivity contribution in [1.29, 1.82) is 0 Å². The van der Waals surface area contributed by atoms with Gasteiger partial charge in [0.2, 0.25) is 11.8 Å². The van der Waals surface area contributed by atoms with Crippen molar-refractivity contribution in [3.63, 3.8) is 0 Å². The molecule has 11 heteroatoms. The smallest absolute Gasteiger partial charge is 0.358 e. The molecule has 0 fully saturated rings. The molecule has 2 amide bonds. The molecule has 0 saturated heterocycles. The van der Waals surface area contributed by atoms with E-state index >= 15 is 0 Å². The third-order valence-electron chi connectivity index (χ3n) is 6.50. The molecule has 0 aliphatic rings. The minimum absolute atomic E-state index is 0.0328. The summed E-state index contributed by atoms with van der Waals surface area (Å²) in [4.78, 5) is 41.8. The third-order valence-corrected chi connectivity index (χ3v) is 6.50. The first-order valence-corrected chi connectivity index (χ1v) is 11.2. The molecule has 1 heterocycles. The van der Waals surface area contributed by atoms with Crippen LogP contribution in [0, 0.1) is 11.8 Å². The van der Waals surface area contributed by atoms with Crippen LogP contribution in [0.15, 0.2) is 6.20 Å². The fourth-order valence-electron chi connectivity index (χ4n) is 3.29. The summed E-state index contributed by atoms with van der Waals surface area (Å²) < 4.78 is 0. The van der Waals surface area contributed by atoms with Crippen molar-refractivity contribution in [1.82, 2.24) is 30.1 Å². The molecule has 1 aromatic rings. The maximum atomic E-state index is 13.5. The van der Waals surface area contributed by atoms with Crippen LogP contribution in [-0.2, 0) is 9.59 Å². The number of aliphatic hydroxyl groups is 1. The number of nitrogens with zero attached hydrogens (tertiary/aromatic N) is 5. The van der Waals surface area contributed by atoms with E-state index in [0.29, 0.717) is 6.42 Å². The Hall–Kier alpha value is -2.53. The van der Waals surface area contributed by atoms with Gasteiger partial charge in [-0.05, 0) is 39.8 Å². The molecule has 0 bridgehead atoms. The summed E-state index contributed by atoms with van der Waals surface area (Å²) in [6.45, 7) is 11.3. The van der Waals surface area contributed by atoms with Gasteiger partial charge in [-0.2, -0.15) is 9.90 Å². The van der Waals surface area contributed by atoms with E-state index in [9.17, 15) is 19.5 Å². The van der Waals surface area contributed by atoms with Crippen molar-refractivity contribution in [3.8, 4) is 0 Å². The molecule has 3 N–H and O–H groups in total. The van der Waals surface area contributed by atoms with E-state index in [-0.39, 0.29) is 35.8 Å². The largest absolute Gasteiger partial charge is 0.476 e. The molecule has 1 aromatic heterocycles. The SMILES string of the molecule is CC[C@H](C)[C@H](NC(=O)C(C)(C)N(C)C)C(=O)N(C)[C@H](C[C@@H](O)n1ncc(C(=O)O)n1)C(C)C. The highest BCUT2D eigenvalue weighted by molar-refractivity contribution is 5.91. The monoisotopic (exact) mass is 468 g/mol. The first kappa shape index (κ1) is 28.5. The molecule has 188 valence electrons. The Labute approximate surface area is 196 Å². The molecule has 33 heavy (non-hydrogen) atoms. The fraction of sp³-hybridized carbons (Fsp3) is 0.773. The fourth-order valence-corrected chi connectivity index (χ4v) is 3.29. The zero-order valence-corrected chi connectivity index (χ0v) is 21.2. The molecule has 0 aromatic carbocycles. The molecular formula is C22H40N6O5. The van der Waals surface area contributed by atoms with Gasteiger partial charge >= 0.3 is 5.97 Å². The second-order valence-corrected chi connectivity index (χ2v) is 9.62. The van der Waals surface area contributed by atoms with Gasteiger partial charge in [-0.1, -0.05) is 34.1 Å². The highest BCUT2D eigenvalue weighted by Gasteiger charge is 2.38. The summed E-state index contributed by atoms with van der Waals surface area (Å²) >= 11 is 0. The maximum Gasteiger partial charge on any atom is 0.358 e. The predicted octanol–water partition coefficient (Wildman–Crippen LogP) is 1.21. The van der Waals surface area contributed by atoms with Gasteiger partial charge in [-0.3, -0.25) is 14.5 Å². The minimum Gasteiger partial charge on any atom is -0.476 e. The Kier molecular flexibility index (Phi) is 9.98. The second kappa shape index (κ2) is 11.6. The zero-order chi connectivity index (χ0) is 25.7. The zero-order valence-electron chi connectivity index (χ0n) is 21.2. The number of nitrogens with one attached hydrogen (secondary N) is 1. The average molecular weight is 469 g/mol. The van der Waals surface area contributed by atoms with Crippen molar-refractivity contribution in [2.75, 3.05) is 21.1 Å². The Balaban J connectivity index is 3.10. The number of aliphatic hydroxyl groups excluding tert-OH is 1. The highest BCUT2D eigenvalue weighted by Crippen LogP contribution is 2.23. The number of hydrogen-bond donors (Lipinski definition) is 3. The number of carbonyl (C=O) groups excluding carboxylic acids is 2. The van der Waals surface area contributed by atoms with Gasteiger partial charge in [-0.25, -0.2) is 4.79 Å². The molecule has 0 aliphatic carbocycles. The minimum atomic E-state index is -1.24. The van der Waals surface area contributed by atoms with Crippen LogP contribution < -0.4 is 5.32 Å². The molecule has 0 unspecified atom stereocenters. The number of carboxylic acid groups (broad SMARTS) is 1. The lowest BCUT2D eigenvalue weighted by molar-refractivity contribution is -0.142. The number of amides is 2. The van der Waals surface area contributed by atoms with Gasteiger partial charge in [0.25, 0.3) is 0 Å². The van der Waals surface area contributed by atoms with Crippen molar-refractivity contribution >= 4 is 17.8 Å². The number of aromatic carboxylic acids is 1. The second-order valence-electron chi connectivity index (χ2n) is 9.62. The first-order chi connectivity index (χ1) is 15.1. The van der Waals surface area contributed by atoms with Gasteiger partial charge in [0.15, 0.2) is 11.9 Å². The van der Waals surface area contributed by atoms with Crippen LogP contribution in [0.2, 0.25) is 0 Å². The number of carboxylic acids is 1. The standard InChI is InChI=1S/C22H40N6O5/c1-10-14(4)18(24-21(33)22(5,6)26(7)8)19(30)27(9)16(13(2)3)11-17(29)28-23-12-15(25-28)20(31)32/h12-14,16-18,29H,10-11H2,1-9H3,(H,24,33)(H,31,32)/t14-,16+,17+,18-/m0/s1. The van der Waals surface area contributed by atoms with Crippen molar-refractivity contribution in [3.05, 3.63) is 11.9 Å². The molecule has 0 aliphatic heterocycles. The van der Waals surface area contributed by atoms with E-state index in [1.165, 1.54) is 0 Å². The Morgan fingerprint density at radius 1 is 1.18 bits per heavy atom. The number of rotatable bonds is 12. The summed E-state index contributed by atoms with van der Waals surface area (Å²) in [5.41, 5.74) is -1.08. The van der Waals surface area contributed by atoms with Crippen LogP contribution in [0.3, 0.4) is 0 Å². The summed E-state index contributed by atoms with van der Waals surface area (Å²) in [6, 6.07) is -1.14. The number of likely N-dealkylation sites (N-methyl/N-ethyl adjacent to an activating group) is 2. The Morgan fingerprint density at radius 3 is 2.18 bits per heavy atom. The Morgan fingerprint density at radius 2 is 1.76 bits per heavy atom. The molecule has 4 atom stereocenters. The molecule has 0 radical (unpaired) electrons. The lowest BCUT2D eigenvalue weighted by Crippen LogP contribution is -2.60. The van der Waals surface area contributed by atoms with Crippen molar-refractivity contribution in [2.24, 2.45) is 11.8 Å². The van der Waals surface area contributed by atoms with Crippen LogP contribution in [0.25, 0.3) is 0 Å². The van der Waals surface area contributed by atoms with Gasteiger partial charge in [-0.15, -0.1) is 5.10 Å². The van der Waals surface area contributed by atoms with Gasteiger partial charge < -0.3 is 20.4 Å². The molecule has 11 nitrogen and oxygen atoms in total. The van der Waals surface area contributed by atoms with Crippen LogP contribution in [0.5, 0.6) is 0 Å². The van der Waals surface area contributed by atoms with Gasteiger partial charge in [0.1, 0.15) is 6.04 Å². The van der Waals surface area contributed by atoms with Crippen molar-refractivity contribution < 1.29 is 24.6 Å². The van der Waals surface area contributed by atoms with Gasteiger partial charge in [0, 0.05) is 19.5 Å². The average Bonchev–Trinajstić information content (AvgIpc) is 3.24.